The van der Waals surface area contributed by atoms with Crippen LogP contribution in [-0.2, 0) is 0 Å². The molecule has 0 aromatic carbocycles. The molecule has 1 saturated carbocycles. The fourth-order valence-corrected chi connectivity index (χ4v) is 5.64. The molecule has 1 aromatic rings. The zero-order chi connectivity index (χ0) is 20.8. The summed E-state index contributed by atoms with van der Waals surface area (Å²) >= 11 is 0. The lowest BCUT2D eigenvalue weighted by atomic mass is 9.91. The van der Waals surface area contributed by atoms with Crippen molar-refractivity contribution >= 4 is 11.8 Å². The van der Waals surface area contributed by atoms with Gasteiger partial charge < -0.3 is 21.1 Å². The van der Waals surface area contributed by atoms with Gasteiger partial charge in [0.05, 0.1) is 6.10 Å². The van der Waals surface area contributed by atoms with E-state index in [0.29, 0.717) is 18.1 Å². The molecule has 4 N–H and O–H groups in total. The van der Waals surface area contributed by atoms with Gasteiger partial charge in [-0.2, -0.15) is 4.98 Å². The molecule has 168 valence electrons. The molecule has 7 heteroatoms. The molecule has 3 fully saturated rings. The van der Waals surface area contributed by atoms with E-state index < -0.39 is 0 Å². The molecule has 0 unspecified atom stereocenters. The largest absolute Gasteiger partial charge is 0.393 e. The van der Waals surface area contributed by atoms with Crippen molar-refractivity contribution in [3.05, 3.63) is 12.3 Å². The zero-order valence-corrected chi connectivity index (χ0v) is 18.4. The van der Waals surface area contributed by atoms with E-state index in [1.165, 1.54) is 25.7 Å². The fourth-order valence-electron chi connectivity index (χ4n) is 5.64. The Morgan fingerprint density at radius 2 is 1.80 bits per heavy atom. The molecule has 30 heavy (non-hydrogen) atoms. The third-order valence-electron chi connectivity index (χ3n) is 7.31. The van der Waals surface area contributed by atoms with E-state index in [4.69, 9.17) is 10.7 Å². The first-order chi connectivity index (χ1) is 14.7. The number of rotatable bonds is 7. The molecule has 3 heterocycles. The summed E-state index contributed by atoms with van der Waals surface area (Å²) in [5.41, 5.74) is 5.86. The molecule has 2 saturated heterocycles. The van der Waals surface area contributed by atoms with E-state index in [1.54, 1.807) is 0 Å². The van der Waals surface area contributed by atoms with Crippen LogP contribution in [0.15, 0.2) is 12.3 Å². The second kappa shape index (κ2) is 10.7. The van der Waals surface area contributed by atoms with Crippen LogP contribution in [0.3, 0.4) is 0 Å². The lowest BCUT2D eigenvalue weighted by Crippen LogP contribution is -2.46. The van der Waals surface area contributed by atoms with Gasteiger partial charge in [-0.15, -0.1) is 0 Å². The van der Waals surface area contributed by atoms with Crippen molar-refractivity contribution < 1.29 is 5.11 Å². The minimum atomic E-state index is -0.101. The maximum absolute atomic E-state index is 9.91. The number of aliphatic hydroxyl groups is 1. The smallest absolute Gasteiger partial charge is 0.224 e. The number of nitrogens with two attached hydrogens (primary N) is 1. The normalized spacial score (nSPS) is 30.9. The van der Waals surface area contributed by atoms with Crippen LogP contribution in [0.4, 0.5) is 11.8 Å². The fraction of sp³-hybridized carbons (Fsp3) is 0.826. The first-order valence-corrected chi connectivity index (χ1v) is 12.2. The SMILES string of the molecule is NCCC[C@@H]1[C@@H](Nc2nccc(N3CCCCCC3)n2)CCN1[C@H]1CC[C@@H](O)CC1. The van der Waals surface area contributed by atoms with E-state index in [9.17, 15) is 5.11 Å². The van der Waals surface area contributed by atoms with Crippen molar-refractivity contribution in [3.8, 4) is 0 Å². The number of nitrogens with zero attached hydrogens (tertiary/aromatic N) is 4. The summed E-state index contributed by atoms with van der Waals surface area (Å²) in [5, 5.41) is 13.6. The first kappa shape index (κ1) is 21.8. The lowest BCUT2D eigenvalue weighted by Gasteiger charge is -2.38. The summed E-state index contributed by atoms with van der Waals surface area (Å²) in [6, 6.07) is 3.48. The van der Waals surface area contributed by atoms with E-state index in [-0.39, 0.29) is 6.10 Å². The topological polar surface area (TPSA) is 90.5 Å². The second-order valence-corrected chi connectivity index (χ2v) is 9.38. The number of anilines is 2. The Morgan fingerprint density at radius 3 is 2.53 bits per heavy atom. The minimum Gasteiger partial charge on any atom is -0.393 e. The van der Waals surface area contributed by atoms with Gasteiger partial charge in [0.15, 0.2) is 0 Å². The van der Waals surface area contributed by atoms with Gasteiger partial charge in [0.25, 0.3) is 0 Å². The molecule has 0 radical (unpaired) electrons. The standard InChI is InChI=1S/C23H40N6O/c24-13-5-6-21-20(12-17-29(21)18-7-9-19(30)10-8-18)26-23-25-14-11-22(27-23)28-15-3-1-2-4-16-28/h11,14,18-21,30H,1-10,12-13,15-17,24H2,(H,25,26,27)/t18-,19+,20-,21+/m0/s1. The molecule has 2 aliphatic heterocycles. The van der Waals surface area contributed by atoms with E-state index in [0.717, 1.165) is 82.9 Å². The van der Waals surface area contributed by atoms with Gasteiger partial charge in [-0.3, -0.25) is 4.90 Å². The Balaban J connectivity index is 1.42. The van der Waals surface area contributed by atoms with Crippen LogP contribution in [0, 0.1) is 0 Å². The molecule has 0 amide bonds. The van der Waals surface area contributed by atoms with Gasteiger partial charge in [-0.05, 0) is 70.4 Å². The van der Waals surface area contributed by atoms with Gasteiger partial charge in [-0.25, -0.2) is 4.98 Å². The monoisotopic (exact) mass is 416 g/mol. The number of nitrogens with one attached hydrogen (secondary N) is 1. The number of likely N-dealkylation sites (tertiary alicyclic amines) is 1. The van der Waals surface area contributed by atoms with Crippen molar-refractivity contribution in [2.75, 3.05) is 36.4 Å². The quantitative estimate of drug-likeness (QED) is 0.629. The van der Waals surface area contributed by atoms with Gasteiger partial charge >= 0.3 is 0 Å². The van der Waals surface area contributed by atoms with Gasteiger partial charge in [0.2, 0.25) is 5.95 Å². The van der Waals surface area contributed by atoms with E-state index in [1.807, 2.05) is 6.20 Å². The number of hydrogen-bond donors (Lipinski definition) is 3. The van der Waals surface area contributed by atoms with Crippen LogP contribution in [0.1, 0.15) is 70.6 Å². The lowest BCUT2D eigenvalue weighted by molar-refractivity contribution is 0.0651. The molecule has 1 aromatic heterocycles. The Hall–Kier alpha value is -1.44. The van der Waals surface area contributed by atoms with Crippen molar-refractivity contribution in [2.24, 2.45) is 5.73 Å². The highest BCUT2D eigenvalue weighted by Crippen LogP contribution is 2.32. The van der Waals surface area contributed by atoms with Crippen molar-refractivity contribution in [2.45, 2.75) is 94.9 Å². The summed E-state index contributed by atoms with van der Waals surface area (Å²) < 4.78 is 0. The van der Waals surface area contributed by atoms with Gasteiger partial charge in [-0.1, -0.05) is 12.8 Å². The van der Waals surface area contributed by atoms with Crippen LogP contribution in [0.5, 0.6) is 0 Å². The Morgan fingerprint density at radius 1 is 1.03 bits per heavy atom. The van der Waals surface area contributed by atoms with Crippen LogP contribution >= 0.6 is 0 Å². The molecule has 7 nitrogen and oxygen atoms in total. The van der Waals surface area contributed by atoms with E-state index in [2.05, 4.69) is 26.2 Å². The molecular weight excluding hydrogens is 376 g/mol. The molecule has 0 bridgehead atoms. The summed E-state index contributed by atoms with van der Waals surface area (Å²) in [5.74, 6) is 1.82. The van der Waals surface area contributed by atoms with Gasteiger partial charge in [0.1, 0.15) is 5.82 Å². The minimum absolute atomic E-state index is 0.101. The second-order valence-electron chi connectivity index (χ2n) is 9.38. The van der Waals surface area contributed by atoms with Crippen molar-refractivity contribution in [1.29, 1.82) is 0 Å². The molecule has 0 spiro atoms. The maximum atomic E-state index is 9.91. The number of aromatic nitrogens is 2. The molecule has 2 atom stereocenters. The Bertz CT molecular complexity index is 642. The first-order valence-electron chi connectivity index (χ1n) is 12.2. The van der Waals surface area contributed by atoms with Crippen LogP contribution in [0.2, 0.25) is 0 Å². The Labute approximate surface area is 181 Å². The zero-order valence-electron chi connectivity index (χ0n) is 18.4. The Kier molecular flexibility index (Phi) is 7.79. The molecule has 4 rings (SSSR count). The summed E-state index contributed by atoms with van der Waals surface area (Å²) in [6.07, 6.45) is 14.3. The predicted molar refractivity (Wildman–Crippen MR) is 122 cm³/mol. The average molecular weight is 417 g/mol. The van der Waals surface area contributed by atoms with Crippen LogP contribution in [0.25, 0.3) is 0 Å². The highest BCUT2D eigenvalue weighted by atomic mass is 16.3. The highest BCUT2D eigenvalue weighted by molar-refractivity contribution is 5.43. The number of aliphatic hydroxyl groups excluding tert-OH is 1. The predicted octanol–water partition coefficient (Wildman–Crippen LogP) is 2.75. The molecule has 3 aliphatic rings. The van der Waals surface area contributed by atoms with Crippen LogP contribution < -0.4 is 16.0 Å². The molecular formula is C23H40N6O. The highest BCUT2D eigenvalue weighted by Gasteiger charge is 2.39. The third kappa shape index (κ3) is 5.42. The summed E-state index contributed by atoms with van der Waals surface area (Å²) in [7, 11) is 0. The average Bonchev–Trinajstić information content (AvgIpc) is 2.97. The maximum Gasteiger partial charge on any atom is 0.224 e. The van der Waals surface area contributed by atoms with Crippen molar-refractivity contribution in [1.82, 2.24) is 14.9 Å². The summed E-state index contributed by atoms with van der Waals surface area (Å²) in [6.45, 7) is 4.04. The van der Waals surface area contributed by atoms with Crippen molar-refractivity contribution in [3.63, 3.8) is 0 Å². The van der Waals surface area contributed by atoms with E-state index >= 15 is 0 Å². The summed E-state index contributed by atoms with van der Waals surface area (Å²) in [4.78, 5) is 14.6. The van der Waals surface area contributed by atoms with Gasteiger partial charge in [0, 0.05) is 44.0 Å². The van der Waals surface area contributed by atoms with Crippen LogP contribution in [-0.4, -0.2) is 70.4 Å². The molecule has 1 aliphatic carbocycles. The number of hydrogen-bond acceptors (Lipinski definition) is 7. The third-order valence-corrected chi connectivity index (χ3v) is 7.31.